The van der Waals surface area contributed by atoms with Crippen LogP contribution in [0.2, 0.25) is 11.1 Å². The molecule has 0 aliphatic carbocycles. The van der Waals surface area contributed by atoms with E-state index in [9.17, 15) is 0 Å². The number of hydrogen-bond donors (Lipinski definition) is 0. The molecule has 0 spiro atoms. The fourth-order valence-electron chi connectivity index (χ4n) is 3.30. The lowest BCUT2D eigenvalue weighted by atomic mass is 9.23. The molecule has 0 saturated carbocycles. The monoisotopic (exact) mass is 204 g/mol. The van der Waals surface area contributed by atoms with E-state index in [0.717, 1.165) is 5.82 Å². The van der Waals surface area contributed by atoms with Crippen LogP contribution in [0.1, 0.15) is 41.5 Å². The summed E-state index contributed by atoms with van der Waals surface area (Å²) in [6.07, 6.45) is 6.90. The summed E-state index contributed by atoms with van der Waals surface area (Å²) >= 11 is 0. The fourth-order valence-corrected chi connectivity index (χ4v) is 3.30. The maximum Gasteiger partial charge on any atom is 0.180 e. The Balaban J connectivity index is 3.14. The molecule has 1 rings (SSSR count). The topological polar surface area (TPSA) is 0 Å². The van der Waals surface area contributed by atoms with Crippen molar-refractivity contribution in [2.45, 2.75) is 52.7 Å². The minimum absolute atomic E-state index is 0.350. The summed E-state index contributed by atoms with van der Waals surface area (Å²) in [4.78, 5) is 0. The second-order valence-corrected chi connectivity index (χ2v) is 5.82. The Bertz CT molecular complexity index is 251. The molecule has 0 saturated heterocycles. The molecule has 0 fully saturated rings. The summed E-state index contributed by atoms with van der Waals surface area (Å²) in [5, 5.41) is 0.350. The summed E-state index contributed by atoms with van der Waals surface area (Å²) in [7, 11) is 0. The Hall–Kier alpha value is -0.455. The molecule has 0 amide bonds. The van der Waals surface area contributed by atoms with Gasteiger partial charge in [-0.1, -0.05) is 65.6 Å². The molecular formula is C14H25B. The summed E-state index contributed by atoms with van der Waals surface area (Å²) < 4.78 is 0. The minimum atomic E-state index is 0.350. The quantitative estimate of drug-likeness (QED) is 0.589. The van der Waals surface area contributed by atoms with Crippen molar-refractivity contribution in [1.82, 2.24) is 0 Å². The molecule has 1 aliphatic rings. The van der Waals surface area contributed by atoms with Crippen LogP contribution in [0.15, 0.2) is 24.2 Å². The third-order valence-corrected chi connectivity index (χ3v) is 4.11. The van der Waals surface area contributed by atoms with Crippen molar-refractivity contribution in [2.24, 2.45) is 11.8 Å². The first-order valence-electron chi connectivity index (χ1n) is 6.29. The molecule has 0 radical (unpaired) electrons. The first kappa shape index (κ1) is 12.6. The van der Waals surface area contributed by atoms with Gasteiger partial charge in [-0.2, -0.15) is 0 Å². The third-order valence-electron chi connectivity index (χ3n) is 4.11. The van der Waals surface area contributed by atoms with Gasteiger partial charge in [0.25, 0.3) is 0 Å². The van der Waals surface area contributed by atoms with E-state index in [-0.39, 0.29) is 0 Å². The van der Waals surface area contributed by atoms with Gasteiger partial charge in [-0.15, -0.1) is 5.98 Å². The number of hydrogen-bond acceptors (Lipinski definition) is 0. The SMILES string of the molecule is CC(C)B1C=CC=CC1(C(C)C)C(C)C. The van der Waals surface area contributed by atoms with Crippen LogP contribution in [0.4, 0.5) is 0 Å². The van der Waals surface area contributed by atoms with Crippen LogP contribution in [-0.4, -0.2) is 6.71 Å². The molecule has 0 aromatic rings. The van der Waals surface area contributed by atoms with Crippen LogP contribution in [0.25, 0.3) is 0 Å². The first-order valence-corrected chi connectivity index (χ1v) is 6.29. The summed E-state index contributed by atoms with van der Waals surface area (Å²) in [6, 6.07) is 0. The van der Waals surface area contributed by atoms with Crippen molar-refractivity contribution >= 4 is 6.71 Å². The Kier molecular flexibility index (Phi) is 3.86. The number of rotatable bonds is 3. The van der Waals surface area contributed by atoms with Gasteiger partial charge in [-0.25, -0.2) is 0 Å². The Morgan fingerprint density at radius 1 is 0.867 bits per heavy atom. The van der Waals surface area contributed by atoms with E-state index in [1.807, 2.05) is 0 Å². The minimum Gasteiger partial charge on any atom is -0.114 e. The van der Waals surface area contributed by atoms with Crippen molar-refractivity contribution in [1.29, 1.82) is 0 Å². The molecule has 1 heteroatoms. The van der Waals surface area contributed by atoms with E-state index < -0.39 is 0 Å². The van der Waals surface area contributed by atoms with Gasteiger partial charge in [0, 0.05) is 0 Å². The van der Waals surface area contributed by atoms with Crippen LogP contribution in [0.5, 0.6) is 0 Å². The molecule has 0 aromatic carbocycles. The molecule has 0 nitrogen and oxygen atoms in total. The van der Waals surface area contributed by atoms with Crippen molar-refractivity contribution in [3.05, 3.63) is 24.2 Å². The van der Waals surface area contributed by atoms with Gasteiger partial charge in [-0.05, 0) is 17.2 Å². The lowest BCUT2D eigenvalue weighted by Crippen LogP contribution is -2.41. The van der Waals surface area contributed by atoms with Gasteiger partial charge in [0.05, 0.1) is 0 Å². The Morgan fingerprint density at radius 2 is 1.40 bits per heavy atom. The molecule has 0 atom stereocenters. The lowest BCUT2D eigenvalue weighted by molar-refractivity contribution is 0.364. The van der Waals surface area contributed by atoms with E-state index in [1.54, 1.807) is 0 Å². The van der Waals surface area contributed by atoms with Crippen LogP contribution in [0, 0.1) is 11.8 Å². The van der Waals surface area contributed by atoms with Gasteiger partial charge in [0.15, 0.2) is 6.71 Å². The van der Waals surface area contributed by atoms with Crippen molar-refractivity contribution < 1.29 is 0 Å². The molecule has 84 valence electrons. The van der Waals surface area contributed by atoms with Crippen LogP contribution < -0.4 is 0 Å². The van der Waals surface area contributed by atoms with Crippen molar-refractivity contribution in [2.75, 3.05) is 0 Å². The van der Waals surface area contributed by atoms with Gasteiger partial charge in [0.1, 0.15) is 0 Å². The molecule has 0 N–H and O–H groups in total. The zero-order valence-electron chi connectivity index (χ0n) is 11.1. The van der Waals surface area contributed by atoms with Gasteiger partial charge < -0.3 is 0 Å². The Morgan fingerprint density at radius 3 is 1.73 bits per heavy atom. The standard InChI is InChI=1S/C14H25B/c1-11(2)14(12(3)4)9-7-8-10-15(14)13(5)6/h7-13H,1-6H3. The smallest absolute Gasteiger partial charge is 0.114 e. The normalized spacial score (nSPS) is 19.7. The average molecular weight is 204 g/mol. The van der Waals surface area contributed by atoms with E-state index in [0.29, 0.717) is 23.9 Å². The fraction of sp³-hybridized carbons (Fsp3) is 0.714. The van der Waals surface area contributed by atoms with Crippen LogP contribution in [0.3, 0.4) is 0 Å². The number of allylic oxidation sites excluding steroid dienone is 3. The van der Waals surface area contributed by atoms with Crippen molar-refractivity contribution in [3.63, 3.8) is 0 Å². The predicted molar refractivity (Wildman–Crippen MR) is 71.5 cm³/mol. The highest BCUT2D eigenvalue weighted by Gasteiger charge is 2.45. The predicted octanol–water partition coefficient (Wildman–Crippen LogP) is 4.61. The van der Waals surface area contributed by atoms with Crippen LogP contribution >= 0.6 is 0 Å². The van der Waals surface area contributed by atoms with Gasteiger partial charge in [-0.3, -0.25) is 0 Å². The molecule has 0 aromatic heterocycles. The zero-order chi connectivity index (χ0) is 11.6. The third kappa shape index (κ3) is 2.07. The summed E-state index contributed by atoms with van der Waals surface area (Å²) in [5.41, 5.74) is 0. The maximum absolute atomic E-state index is 2.45. The second kappa shape index (κ2) is 4.59. The molecule has 1 heterocycles. The Labute approximate surface area is 95.9 Å². The van der Waals surface area contributed by atoms with E-state index in [1.165, 1.54) is 0 Å². The van der Waals surface area contributed by atoms with E-state index in [2.05, 4.69) is 65.7 Å². The molecule has 1 aliphatic heterocycles. The van der Waals surface area contributed by atoms with Gasteiger partial charge >= 0.3 is 0 Å². The average Bonchev–Trinajstić information content (AvgIpc) is 2.16. The van der Waals surface area contributed by atoms with Gasteiger partial charge in [0.2, 0.25) is 0 Å². The van der Waals surface area contributed by atoms with E-state index >= 15 is 0 Å². The molecule has 0 bridgehead atoms. The summed E-state index contributed by atoms with van der Waals surface area (Å²) in [5.74, 6) is 4.53. The highest BCUT2D eigenvalue weighted by molar-refractivity contribution is 6.70. The summed E-state index contributed by atoms with van der Waals surface area (Å²) in [6.45, 7) is 14.8. The van der Waals surface area contributed by atoms with E-state index in [4.69, 9.17) is 0 Å². The maximum atomic E-state index is 2.45. The zero-order valence-corrected chi connectivity index (χ0v) is 11.1. The molecule has 15 heavy (non-hydrogen) atoms. The first-order chi connectivity index (χ1) is 6.93. The molecular weight excluding hydrogens is 179 g/mol. The lowest BCUT2D eigenvalue weighted by Gasteiger charge is -2.46. The largest absolute Gasteiger partial charge is 0.180 e. The second-order valence-electron chi connectivity index (χ2n) is 5.82. The molecule has 0 unspecified atom stereocenters. The highest BCUT2D eigenvalue weighted by Crippen LogP contribution is 2.52. The highest BCUT2D eigenvalue weighted by atomic mass is 14.3. The van der Waals surface area contributed by atoms with Crippen molar-refractivity contribution in [3.8, 4) is 0 Å². The van der Waals surface area contributed by atoms with Crippen LogP contribution in [-0.2, 0) is 0 Å².